The molecule has 1 heterocycles. The summed E-state index contributed by atoms with van der Waals surface area (Å²) in [7, 11) is 0. The van der Waals surface area contributed by atoms with Gasteiger partial charge in [-0.3, -0.25) is 15.5 Å². The standard InChI is InChI=1S/C10H18N6O2/c1-3-5-7(4-2)13-9-8(16(17)18)6-12-10(14-9)15-11/h6-7H,3-5,11H2,1-2H3,(H2,12,13,14,15). The first-order valence-electron chi connectivity index (χ1n) is 5.86. The molecule has 0 saturated heterocycles. The summed E-state index contributed by atoms with van der Waals surface area (Å²) in [6, 6.07) is 0.147. The maximum absolute atomic E-state index is 10.9. The summed E-state index contributed by atoms with van der Waals surface area (Å²) in [6.45, 7) is 4.08. The fourth-order valence-corrected chi connectivity index (χ4v) is 1.61. The summed E-state index contributed by atoms with van der Waals surface area (Å²) < 4.78 is 0. The number of nitrogen functional groups attached to an aromatic ring is 1. The van der Waals surface area contributed by atoms with Crippen LogP contribution in [0.4, 0.5) is 17.5 Å². The minimum atomic E-state index is -0.513. The average molecular weight is 254 g/mol. The Balaban J connectivity index is 2.99. The lowest BCUT2D eigenvalue weighted by atomic mass is 10.1. The summed E-state index contributed by atoms with van der Waals surface area (Å²) >= 11 is 0. The van der Waals surface area contributed by atoms with Crippen molar-refractivity contribution >= 4 is 17.5 Å². The molecule has 0 aliphatic heterocycles. The Hall–Kier alpha value is -1.96. The smallest absolute Gasteiger partial charge is 0.329 e. The molecule has 1 unspecified atom stereocenters. The van der Waals surface area contributed by atoms with Crippen LogP contribution in [0.1, 0.15) is 33.1 Å². The van der Waals surface area contributed by atoms with E-state index in [1.165, 1.54) is 0 Å². The summed E-state index contributed by atoms with van der Waals surface area (Å²) in [5.74, 6) is 5.54. The van der Waals surface area contributed by atoms with Crippen molar-refractivity contribution in [3.05, 3.63) is 16.3 Å². The number of hydrogen-bond donors (Lipinski definition) is 3. The zero-order valence-electron chi connectivity index (χ0n) is 10.5. The molecule has 100 valence electrons. The van der Waals surface area contributed by atoms with E-state index in [-0.39, 0.29) is 23.5 Å². The molecule has 1 aromatic heterocycles. The zero-order valence-corrected chi connectivity index (χ0v) is 10.5. The monoisotopic (exact) mass is 254 g/mol. The number of nitro groups is 1. The molecule has 4 N–H and O–H groups in total. The molecular formula is C10H18N6O2. The predicted octanol–water partition coefficient (Wildman–Crippen LogP) is 1.66. The number of rotatable bonds is 7. The Kier molecular flexibility index (Phi) is 5.25. The molecule has 0 saturated carbocycles. The van der Waals surface area contributed by atoms with Gasteiger partial charge in [-0.15, -0.1) is 0 Å². The van der Waals surface area contributed by atoms with Crippen LogP contribution in [0.2, 0.25) is 0 Å². The Morgan fingerprint density at radius 2 is 2.28 bits per heavy atom. The van der Waals surface area contributed by atoms with Gasteiger partial charge in [-0.05, 0) is 12.8 Å². The van der Waals surface area contributed by atoms with Crippen LogP contribution in [-0.2, 0) is 0 Å². The lowest BCUT2D eigenvalue weighted by molar-refractivity contribution is -0.384. The third-order valence-corrected chi connectivity index (χ3v) is 2.57. The predicted molar refractivity (Wildman–Crippen MR) is 69.1 cm³/mol. The van der Waals surface area contributed by atoms with Gasteiger partial charge >= 0.3 is 5.69 Å². The highest BCUT2D eigenvalue weighted by atomic mass is 16.6. The van der Waals surface area contributed by atoms with Crippen molar-refractivity contribution in [3.8, 4) is 0 Å². The van der Waals surface area contributed by atoms with Gasteiger partial charge in [0.25, 0.3) is 0 Å². The Morgan fingerprint density at radius 1 is 1.56 bits per heavy atom. The first-order chi connectivity index (χ1) is 8.62. The highest BCUT2D eigenvalue weighted by Gasteiger charge is 2.19. The Morgan fingerprint density at radius 3 is 2.78 bits per heavy atom. The van der Waals surface area contributed by atoms with Crippen molar-refractivity contribution in [2.75, 3.05) is 10.7 Å². The Bertz CT molecular complexity index is 411. The van der Waals surface area contributed by atoms with Gasteiger partial charge in [0.2, 0.25) is 11.8 Å². The Labute approximate surface area is 105 Å². The number of aromatic nitrogens is 2. The molecule has 8 nitrogen and oxygen atoms in total. The third-order valence-electron chi connectivity index (χ3n) is 2.57. The van der Waals surface area contributed by atoms with Crippen LogP contribution in [0.25, 0.3) is 0 Å². The maximum atomic E-state index is 10.9. The molecule has 0 aliphatic rings. The van der Waals surface area contributed by atoms with Gasteiger partial charge in [0, 0.05) is 6.04 Å². The van der Waals surface area contributed by atoms with Crippen molar-refractivity contribution in [1.82, 2.24) is 9.97 Å². The number of nitrogens with one attached hydrogen (secondary N) is 2. The molecule has 1 rings (SSSR count). The fourth-order valence-electron chi connectivity index (χ4n) is 1.61. The molecule has 1 aromatic rings. The number of hydrazine groups is 1. The van der Waals surface area contributed by atoms with Gasteiger partial charge in [0.15, 0.2) is 0 Å². The second-order valence-corrected chi connectivity index (χ2v) is 3.87. The van der Waals surface area contributed by atoms with Crippen LogP contribution in [0, 0.1) is 10.1 Å². The van der Waals surface area contributed by atoms with Gasteiger partial charge in [-0.25, -0.2) is 10.8 Å². The van der Waals surface area contributed by atoms with E-state index < -0.39 is 4.92 Å². The third kappa shape index (κ3) is 3.52. The molecule has 0 amide bonds. The normalized spacial score (nSPS) is 11.9. The van der Waals surface area contributed by atoms with E-state index in [1.54, 1.807) is 0 Å². The topological polar surface area (TPSA) is 119 Å². The molecule has 0 aromatic carbocycles. The SMILES string of the molecule is CCCC(CC)Nc1nc(NN)ncc1[N+](=O)[O-]. The van der Waals surface area contributed by atoms with Crippen LogP contribution in [0.3, 0.4) is 0 Å². The summed E-state index contributed by atoms with van der Waals surface area (Å²) in [5.41, 5.74) is 2.12. The highest BCUT2D eigenvalue weighted by Crippen LogP contribution is 2.23. The minimum absolute atomic E-state index is 0.147. The van der Waals surface area contributed by atoms with Crippen LogP contribution in [0.5, 0.6) is 0 Å². The molecule has 0 spiro atoms. The summed E-state index contributed by atoms with van der Waals surface area (Å²) in [6.07, 6.45) is 3.92. The van der Waals surface area contributed by atoms with Gasteiger partial charge < -0.3 is 5.32 Å². The lowest BCUT2D eigenvalue weighted by Gasteiger charge is -2.16. The highest BCUT2D eigenvalue weighted by molar-refractivity contribution is 5.57. The van der Waals surface area contributed by atoms with E-state index in [0.29, 0.717) is 0 Å². The first-order valence-corrected chi connectivity index (χ1v) is 5.86. The average Bonchev–Trinajstić information content (AvgIpc) is 2.37. The summed E-state index contributed by atoms with van der Waals surface area (Å²) in [4.78, 5) is 18.1. The second-order valence-electron chi connectivity index (χ2n) is 3.87. The number of anilines is 2. The summed E-state index contributed by atoms with van der Waals surface area (Å²) in [5, 5.41) is 13.9. The van der Waals surface area contributed by atoms with Crippen molar-refractivity contribution in [2.45, 2.75) is 39.2 Å². The fraction of sp³-hybridized carbons (Fsp3) is 0.600. The first kappa shape index (κ1) is 14.1. The molecule has 0 bridgehead atoms. The number of nitrogens with two attached hydrogens (primary N) is 1. The van der Waals surface area contributed by atoms with Gasteiger partial charge in [0.05, 0.1) is 4.92 Å². The maximum Gasteiger partial charge on any atom is 0.329 e. The number of nitrogens with zero attached hydrogens (tertiary/aromatic N) is 3. The molecule has 0 fully saturated rings. The van der Waals surface area contributed by atoms with E-state index >= 15 is 0 Å². The van der Waals surface area contributed by atoms with E-state index in [2.05, 4.69) is 27.6 Å². The van der Waals surface area contributed by atoms with Gasteiger partial charge in [0.1, 0.15) is 6.20 Å². The van der Waals surface area contributed by atoms with Crippen LogP contribution in [-0.4, -0.2) is 20.9 Å². The van der Waals surface area contributed by atoms with E-state index in [9.17, 15) is 10.1 Å². The molecular weight excluding hydrogens is 236 g/mol. The molecule has 18 heavy (non-hydrogen) atoms. The molecule has 0 radical (unpaired) electrons. The van der Waals surface area contributed by atoms with Crippen LogP contribution >= 0.6 is 0 Å². The molecule has 1 atom stereocenters. The van der Waals surface area contributed by atoms with E-state index in [1.807, 2.05) is 6.92 Å². The van der Waals surface area contributed by atoms with E-state index in [4.69, 9.17) is 5.84 Å². The van der Waals surface area contributed by atoms with Crippen molar-refractivity contribution in [3.63, 3.8) is 0 Å². The second kappa shape index (κ2) is 6.70. The zero-order chi connectivity index (χ0) is 13.5. The van der Waals surface area contributed by atoms with Crippen molar-refractivity contribution in [1.29, 1.82) is 0 Å². The molecule has 0 aliphatic carbocycles. The van der Waals surface area contributed by atoms with Crippen LogP contribution in [0.15, 0.2) is 6.20 Å². The number of hydrogen-bond acceptors (Lipinski definition) is 7. The van der Waals surface area contributed by atoms with E-state index in [0.717, 1.165) is 25.5 Å². The largest absolute Gasteiger partial charge is 0.361 e. The molecule has 8 heteroatoms. The van der Waals surface area contributed by atoms with Gasteiger partial charge in [-0.1, -0.05) is 20.3 Å². The lowest BCUT2D eigenvalue weighted by Crippen LogP contribution is -2.21. The van der Waals surface area contributed by atoms with Crippen LogP contribution < -0.4 is 16.6 Å². The van der Waals surface area contributed by atoms with Crippen molar-refractivity contribution < 1.29 is 4.92 Å². The quantitative estimate of drug-likeness (QED) is 0.384. The van der Waals surface area contributed by atoms with Crippen molar-refractivity contribution in [2.24, 2.45) is 5.84 Å². The minimum Gasteiger partial charge on any atom is -0.361 e. The van der Waals surface area contributed by atoms with Gasteiger partial charge in [-0.2, -0.15) is 4.98 Å².